The Morgan fingerprint density at radius 2 is 2.12 bits per heavy atom. The van der Waals surface area contributed by atoms with E-state index >= 15 is 0 Å². The molecule has 1 aromatic carbocycles. The maximum atomic E-state index is 12.2. The minimum Gasteiger partial charge on any atom is -0.495 e. The molecule has 0 saturated carbocycles. The Morgan fingerprint density at radius 3 is 2.77 bits per heavy atom. The van der Waals surface area contributed by atoms with Crippen LogP contribution in [0.4, 0.5) is 11.4 Å². The maximum Gasteiger partial charge on any atom is 0.227 e. The van der Waals surface area contributed by atoms with Gasteiger partial charge in [0.2, 0.25) is 11.8 Å². The first-order valence-corrected chi connectivity index (χ1v) is 9.31. The van der Waals surface area contributed by atoms with Crippen molar-refractivity contribution in [3.63, 3.8) is 0 Å². The average molecular weight is 372 g/mol. The first kappa shape index (κ1) is 18.1. The van der Waals surface area contributed by atoms with Crippen LogP contribution in [-0.4, -0.2) is 31.3 Å². The Morgan fingerprint density at radius 1 is 1.27 bits per heavy atom. The van der Waals surface area contributed by atoms with Crippen molar-refractivity contribution in [3.05, 3.63) is 40.6 Å². The summed E-state index contributed by atoms with van der Waals surface area (Å²) in [6.45, 7) is 0.641. The fraction of sp³-hybridized carbons (Fsp3) is 0.316. The Kier molecular flexibility index (Phi) is 5.68. The average Bonchev–Trinajstić information content (AvgIpc) is 3.31. The molecule has 0 radical (unpaired) electrons. The van der Waals surface area contributed by atoms with Crippen LogP contribution < -0.4 is 15.0 Å². The van der Waals surface area contributed by atoms with E-state index in [1.54, 1.807) is 36.3 Å². The van der Waals surface area contributed by atoms with Gasteiger partial charge in [0.15, 0.2) is 5.78 Å². The van der Waals surface area contributed by atoms with E-state index in [-0.39, 0.29) is 30.4 Å². The van der Waals surface area contributed by atoms with Crippen molar-refractivity contribution in [2.75, 3.05) is 23.9 Å². The van der Waals surface area contributed by atoms with Crippen molar-refractivity contribution in [1.82, 2.24) is 0 Å². The van der Waals surface area contributed by atoms with Gasteiger partial charge in [0.25, 0.3) is 0 Å². The monoisotopic (exact) mass is 372 g/mol. The van der Waals surface area contributed by atoms with E-state index in [1.165, 1.54) is 11.3 Å². The van der Waals surface area contributed by atoms with Crippen LogP contribution in [0.1, 0.15) is 35.4 Å². The molecule has 0 atom stereocenters. The summed E-state index contributed by atoms with van der Waals surface area (Å²) in [5, 5.41) is 4.63. The number of anilines is 2. The number of ether oxygens (including phenoxy) is 1. The molecule has 1 saturated heterocycles. The van der Waals surface area contributed by atoms with Gasteiger partial charge in [-0.1, -0.05) is 6.07 Å². The summed E-state index contributed by atoms with van der Waals surface area (Å²) in [6, 6.07) is 8.76. The second kappa shape index (κ2) is 8.14. The Balaban J connectivity index is 1.64. The molecule has 0 aliphatic carbocycles. The molecule has 3 rings (SSSR count). The largest absolute Gasteiger partial charge is 0.495 e. The van der Waals surface area contributed by atoms with Crippen LogP contribution >= 0.6 is 11.3 Å². The fourth-order valence-corrected chi connectivity index (χ4v) is 3.59. The number of ketones is 1. The number of carbonyl (C=O) groups is 3. The van der Waals surface area contributed by atoms with Gasteiger partial charge in [-0.05, 0) is 36.1 Å². The normalized spacial score (nSPS) is 13.7. The summed E-state index contributed by atoms with van der Waals surface area (Å²) in [5.41, 5.74) is 1.23. The van der Waals surface area contributed by atoms with Crippen molar-refractivity contribution in [1.29, 1.82) is 0 Å². The number of hydrogen-bond donors (Lipinski definition) is 1. The lowest BCUT2D eigenvalue weighted by molar-refractivity contribution is -0.117. The van der Waals surface area contributed by atoms with Crippen LogP contribution in [0.15, 0.2) is 35.7 Å². The Labute approximate surface area is 155 Å². The highest BCUT2D eigenvalue weighted by Gasteiger charge is 2.25. The summed E-state index contributed by atoms with van der Waals surface area (Å²) in [6.07, 6.45) is 1.61. The summed E-state index contributed by atoms with van der Waals surface area (Å²) in [5.74, 6) is 0.367. The van der Waals surface area contributed by atoms with Crippen molar-refractivity contribution in [3.8, 4) is 5.75 Å². The molecule has 2 aromatic rings. The molecule has 1 aromatic heterocycles. The molecule has 0 bridgehead atoms. The van der Waals surface area contributed by atoms with Crippen LogP contribution in [0.2, 0.25) is 0 Å². The van der Waals surface area contributed by atoms with Gasteiger partial charge in [0.05, 0.1) is 17.7 Å². The lowest BCUT2D eigenvalue weighted by Crippen LogP contribution is -2.24. The third-order valence-electron chi connectivity index (χ3n) is 4.20. The van der Waals surface area contributed by atoms with Crippen LogP contribution in [0.3, 0.4) is 0 Å². The lowest BCUT2D eigenvalue weighted by Gasteiger charge is -2.20. The van der Waals surface area contributed by atoms with Gasteiger partial charge in [-0.15, -0.1) is 11.3 Å². The molecule has 1 N–H and O–H groups in total. The Bertz CT molecular complexity index is 817. The number of methoxy groups -OCH3 is 1. The first-order chi connectivity index (χ1) is 12.6. The van der Waals surface area contributed by atoms with E-state index in [1.807, 2.05) is 11.4 Å². The van der Waals surface area contributed by atoms with E-state index in [0.717, 1.165) is 6.42 Å². The zero-order chi connectivity index (χ0) is 18.5. The summed E-state index contributed by atoms with van der Waals surface area (Å²) >= 11 is 1.37. The number of nitrogens with zero attached hydrogens (tertiary/aromatic N) is 1. The SMILES string of the molecule is COc1ccc(NC(=O)CCC(=O)c2cccs2)cc1N1CCCC1=O. The number of benzene rings is 1. The predicted molar refractivity (Wildman–Crippen MR) is 101 cm³/mol. The lowest BCUT2D eigenvalue weighted by atomic mass is 10.2. The zero-order valence-corrected chi connectivity index (χ0v) is 15.3. The first-order valence-electron chi connectivity index (χ1n) is 8.43. The minimum absolute atomic E-state index is 0.0340. The van der Waals surface area contributed by atoms with Crippen molar-refractivity contribution in [2.24, 2.45) is 0 Å². The van der Waals surface area contributed by atoms with Gasteiger partial charge < -0.3 is 15.0 Å². The molecule has 136 valence electrons. The van der Waals surface area contributed by atoms with Crippen LogP contribution in [-0.2, 0) is 9.59 Å². The van der Waals surface area contributed by atoms with Crippen molar-refractivity contribution >= 4 is 40.3 Å². The van der Waals surface area contributed by atoms with E-state index in [2.05, 4.69) is 5.32 Å². The van der Waals surface area contributed by atoms with E-state index < -0.39 is 0 Å². The number of rotatable bonds is 7. The maximum absolute atomic E-state index is 12.2. The van der Waals surface area contributed by atoms with Crippen molar-refractivity contribution < 1.29 is 19.1 Å². The van der Waals surface area contributed by atoms with Gasteiger partial charge in [0, 0.05) is 31.5 Å². The molecule has 6 nitrogen and oxygen atoms in total. The zero-order valence-electron chi connectivity index (χ0n) is 14.5. The fourth-order valence-electron chi connectivity index (χ4n) is 2.89. The van der Waals surface area contributed by atoms with Gasteiger partial charge >= 0.3 is 0 Å². The van der Waals surface area contributed by atoms with Gasteiger partial charge in [0.1, 0.15) is 5.75 Å². The molecule has 7 heteroatoms. The van der Waals surface area contributed by atoms with Crippen LogP contribution in [0, 0.1) is 0 Å². The third-order valence-corrected chi connectivity index (χ3v) is 5.11. The van der Waals surface area contributed by atoms with E-state index in [4.69, 9.17) is 4.74 Å². The minimum atomic E-state index is -0.237. The molecule has 26 heavy (non-hydrogen) atoms. The highest BCUT2D eigenvalue weighted by Crippen LogP contribution is 2.34. The number of Topliss-reactive ketones (excluding diaryl/α,β-unsaturated/α-hetero) is 1. The molecule has 1 aliphatic heterocycles. The standard InChI is InChI=1S/C19H20N2O4S/c1-25-16-8-6-13(12-14(16)21-10-2-5-19(21)24)20-18(23)9-7-15(22)17-4-3-11-26-17/h3-4,6,8,11-12H,2,5,7,9-10H2,1H3,(H,20,23). The van der Waals surface area contributed by atoms with E-state index in [9.17, 15) is 14.4 Å². The number of hydrogen-bond acceptors (Lipinski definition) is 5. The van der Waals surface area contributed by atoms with E-state index in [0.29, 0.717) is 35.0 Å². The Hall–Kier alpha value is -2.67. The molecule has 1 aliphatic rings. The quantitative estimate of drug-likeness (QED) is 0.755. The topological polar surface area (TPSA) is 75.7 Å². The van der Waals surface area contributed by atoms with Gasteiger partial charge in [-0.2, -0.15) is 0 Å². The third kappa shape index (κ3) is 4.11. The second-order valence-electron chi connectivity index (χ2n) is 5.98. The smallest absolute Gasteiger partial charge is 0.227 e. The summed E-state index contributed by atoms with van der Waals surface area (Å²) in [7, 11) is 1.55. The van der Waals surface area contributed by atoms with Gasteiger partial charge in [-0.3, -0.25) is 14.4 Å². The molecular weight excluding hydrogens is 352 g/mol. The molecule has 0 unspecified atom stereocenters. The van der Waals surface area contributed by atoms with Crippen molar-refractivity contribution in [2.45, 2.75) is 25.7 Å². The molecule has 1 fully saturated rings. The van der Waals surface area contributed by atoms with Gasteiger partial charge in [-0.25, -0.2) is 0 Å². The van der Waals surface area contributed by atoms with Crippen LogP contribution in [0.5, 0.6) is 5.75 Å². The molecular formula is C19H20N2O4S. The number of amides is 2. The molecule has 2 amide bonds. The number of nitrogens with one attached hydrogen (secondary N) is 1. The molecule has 2 heterocycles. The van der Waals surface area contributed by atoms with Crippen LogP contribution in [0.25, 0.3) is 0 Å². The highest BCUT2D eigenvalue weighted by atomic mass is 32.1. The summed E-state index contributed by atoms with van der Waals surface area (Å²) in [4.78, 5) is 38.5. The number of thiophene rings is 1. The second-order valence-corrected chi connectivity index (χ2v) is 6.93. The molecule has 0 spiro atoms. The number of carbonyl (C=O) groups excluding carboxylic acids is 3. The predicted octanol–water partition coefficient (Wildman–Crippen LogP) is 3.49. The summed E-state index contributed by atoms with van der Waals surface area (Å²) < 4.78 is 5.34. The highest BCUT2D eigenvalue weighted by molar-refractivity contribution is 7.12.